The van der Waals surface area contributed by atoms with Gasteiger partial charge in [-0.15, -0.1) is 0 Å². The molecule has 1 heterocycles. The zero-order valence-electron chi connectivity index (χ0n) is 20.1. The zero-order chi connectivity index (χ0) is 23.8. The Morgan fingerprint density at radius 3 is 2.21 bits per heavy atom. The average molecular weight is 447 g/mol. The molecule has 0 bridgehead atoms. The number of rotatable bonds is 7. The molecule has 0 amide bonds. The van der Waals surface area contributed by atoms with Crippen LogP contribution in [0.1, 0.15) is 47.8 Å². The van der Waals surface area contributed by atoms with Gasteiger partial charge < -0.3 is 9.64 Å². The lowest BCUT2D eigenvalue weighted by atomic mass is 10.0. The van der Waals surface area contributed by atoms with Crippen LogP contribution in [0, 0.1) is 0 Å². The van der Waals surface area contributed by atoms with Gasteiger partial charge in [0.1, 0.15) is 5.60 Å². The van der Waals surface area contributed by atoms with Crippen LogP contribution in [0.5, 0.6) is 0 Å². The van der Waals surface area contributed by atoms with Crippen LogP contribution >= 0.6 is 0 Å². The number of hydrogen-bond donors (Lipinski definition) is 0. The standard InChI is InChI=1S/C28H34N2O3/c1-28(2,3)33-27(32)15-13-23-9-7-8-22(20-23)12-14-26(31)25-11-6-5-10-24(25)21-30-18-16-29(4)17-19-30/h5-15,20H,16-19,21H2,1-4H3. The molecule has 0 spiro atoms. The van der Waals surface area contributed by atoms with E-state index < -0.39 is 5.60 Å². The van der Waals surface area contributed by atoms with E-state index in [1.807, 2.05) is 75.4 Å². The molecule has 174 valence electrons. The van der Waals surface area contributed by atoms with Gasteiger partial charge in [0.2, 0.25) is 0 Å². The predicted molar refractivity (Wildman–Crippen MR) is 134 cm³/mol. The fourth-order valence-electron chi connectivity index (χ4n) is 3.67. The number of allylic oxidation sites excluding steroid dienone is 1. The quantitative estimate of drug-likeness (QED) is 0.351. The second kappa shape index (κ2) is 11.2. The Bertz CT molecular complexity index is 1030. The van der Waals surface area contributed by atoms with Crippen LogP contribution in [0.2, 0.25) is 0 Å². The average Bonchev–Trinajstić information content (AvgIpc) is 2.77. The number of carbonyl (C=O) groups is 2. The summed E-state index contributed by atoms with van der Waals surface area (Å²) in [6, 6.07) is 15.5. The molecule has 0 radical (unpaired) electrons. The molecule has 0 unspecified atom stereocenters. The Kier molecular flexibility index (Phi) is 8.37. The van der Waals surface area contributed by atoms with Crippen molar-refractivity contribution in [3.8, 4) is 0 Å². The van der Waals surface area contributed by atoms with Crippen LogP contribution < -0.4 is 0 Å². The zero-order valence-corrected chi connectivity index (χ0v) is 20.1. The number of ether oxygens (including phenoxy) is 1. The molecular weight excluding hydrogens is 412 g/mol. The molecule has 1 saturated heterocycles. The minimum atomic E-state index is -0.521. The highest BCUT2D eigenvalue weighted by atomic mass is 16.6. The number of likely N-dealkylation sites (N-methyl/N-ethyl adjacent to an activating group) is 1. The summed E-state index contributed by atoms with van der Waals surface area (Å²) in [5.74, 6) is -0.384. The Hall–Kier alpha value is -3.02. The van der Waals surface area contributed by atoms with Crippen molar-refractivity contribution in [3.05, 3.63) is 82.9 Å². The van der Waals surface area contributed by atoms with Crippen LogP contribution in [0.3, 0.4) is 0 Å². The molecule has 1 fully saturated rings. The lowest BCUT2D eigenvalue weighted by molar-refractivity contribution is -0.148. The van der Waals surface area contributed by atoms with Gasteiger partial charge in [-0.2, -0.15) is 0 Å². The first-order chi connectivity index (χ1) is 15.7. The van der Waals surface area contributed by atoms with Gasteiger partial charge in [0.15, 0.2) is 5.78 Å². The fourth-order valence-corrected chi connectivity index (χ4v) is 3.67. The molecule has 1 aliphatic heterocycles. The maximum atomic E-state index is 13.0. The molecule has 0 aromatic heterocycles. The fraction of sp³-hybridized carbons (Fsp3) is 0.357. The number of piperazine rings is 1. The van der Waals surface area contributed by atoms with E-state index in [0.717, 1.165) is 55.0 Å². The molecule has 0 aliphatic carbocycles. The van der Waals surface area contributed by atoms with Crippen molar-refractivity contribution in [2.75, 3.05) is 33.2 Å². The van der Waals surface area contributed by atoms with E-state index in [1.54, 1.807) is 12.2 Å². The van der Waals surface area contributed by atoms with Crippen LogP contribution in [0.15, 0.2) is 60.7 Å². The number of nitrogens with zero attached hydrogens (tertiary/aromatic N) is 2. The summed E-state index contributed by atoms with van der Waals surface area (Å²) in [6.07, 6.45) is 6.59. The largest absolute Gasteiger partial charge is 0.457 e. The topological polar surface area (TPSA) is 49.9 Å². The number of ketones is 1. The lowest BCUT2D eigenvalue weighted by Gasteiger charge is -2.32. The van der Waals surface area contributed by atoms with Gasteiger partial charge in [0.25, 0.3) is 0 Å². The van der Waals surface area contributed by atoms with E-state index >= 15 is 0 Å². The summed E-state index contributed by atoms with van der Waals surface area (Å²) in [4.78, 5) is 29.6. The molecule has 0 N–H and O–H groups in total. The first-order valence-electron chi connectivity index (χ1n) is 11.4. The van der Waals surface area contributed by atoms with Crippen LogP contribution in [-0.4, -0.2) is 60.4 Å². The summed E-state index contributed by atoms with van der Waals surface area (Å²) in [5, 5.41) is 0. The Morgan fingerprint density at radius 1 is 0.909 bits per heavy atom. The minimum absolute atomic E-state index is 0.00516. The monoisotopic (exact) mass is 446 g/mol. The van der Waals surface area contributed by atoms with E-state index in [2.05, 4.69) is 16.8 Å². The Morgan fingerprint density at radius 2 is 1.55 bits per heavy atom. The highest BCUT2D eigenvalue weighted by Crippen LogP contribution is 2.16. The van der Waals surface area contributed by atoms with Gasteiger partial charge in [-0.3, -0.25) is 9.69 Å². The summed E-state index contributed by atoms with van der Waals surface area (Å²) in [6.45, 7) is 10.4. The van der Waals surface area contributed by atoms with Crippen LogP contribution in [0.4, 0.5) is 0 Å². The van der Waals surface area contributed by atoms with Crippen molar-refractivity contribution in [1.29, 1.82) is 0 Å². The van der Waals surface area contributed by atoms with E-state index in [-0.39, 0.29) is 11.8 Å². The van der Waals surface area contributed by atoms with Gasteiger partial charge in [-0.25, -0.2) is 4.79 Å². The number of esters is 1. The van der Waals surface area contributed by atoms with Gasteiger partial charge in [-0.1, -0.05) is 48.5 Å². The molecule has 33 heavy (non-hydrogen) atoms. The molecule has 1 aliphatic rings. The van der Waals surface area contributed by atoms with Crippen LogP contribution in [-0.2, 0) is 16.1 Å². The SMILES string of the molecule is CN1CCN(Cc2ccccc2C(=O)C=Cc2cccc(C=CC(=O)OC(C)(C)C)c2)CC1. The third-order valence-electron chi connectivity index (χ3n) is 5.43. The molecule has 5 heteroatoms. The van der Waals surface area contributed by atoms with E-state index in [9.17, 15) is 9.59 Å². The smallest absolute Gasteiger partial charge is 0.331 e. The summed E-state index contributed by atoms with van der Waals surface area (Å²) in [5.41, 5.74) is 3.05. The van der Waals surface area contributed by atoms with Gasteiger partial charge in [-0.05, 0) is 62.7 Å². The van der Waals surface area contributed by atoms with Gasteiger partial charge in [0, 0.05) is 44.4 Å². The molecule has 3 rings (SSSR count). The van der Waals surface area contributed by atoms with Crippen LogP contribution in [0.25, 0.3) is 12.2 Å². The molecular formula is C28H34N2O3. The van der Waals surface area contributed by atoms with E-state index in [0.29, 0.717) is 0 Å². The normalized spacial score (nSPS) is 15.9. The van der Waals surface area contributed by atoms with Crippen molar-refractivity contribution < 1.29 is 14.3 Å². The third-order valence-corrected chi connectivity index (χ3v) is 5.43. The molecule has 0 saturated carbocycles. The molecule has 5 nitrogen and oxygen atoms in total. The van der Waals surface area contributed by atoms with Gasteiger partial charge in [0.05, 0.1) is 0 Å². The predicted octanol–water partition coefficient (Wildman–Crippen LogP) is 4.69. The Labute approximate surface area is 197 Å². The maximum Gasteiger partial charge on any atom is 0.331 e. The second-order valence-corrected chi connectivity index (χ2v) is 9.47. The maximum absolute atomic E-state index is 13.0. The Balaban J connectivity index is 1.66. The van der Waals surface area contributed by atoms with Crippen molar-refractivity contribution in [3.63, 3.8) is 0 Å². The highest BCUT2D eigenvalue weighted by Gasteiger charge is 2.17. The van der Waals surface area contributed by atoms with Crippen molar-refractivity contribution in [1.82, 2.24) is 9.80 Å². The van der Waals surface area contributed by atoms with E-state index in [4.69, 9.17) is 4.74 Å². The van der Waals surface area contributed by atoms with E-state index in [1.165, 1.54) is 6.08 Å². The number of hydrogen-bond acceptors (Lipinski definition) is 5. The van der Waals surface area contributed by atoms with Gasteiger partial charge >= 0.3 is 5.97 Å². The third kappa shape index (κ3) is 8.12. The lowest BCUT2D eigenvalue weighted by Crippen LogP contribution is -2.44. The van der Waals surface area contributed by atoms with Crippen molar-refractivity contribution in [2.24, 2.45) is 0 Å². The first kappa shape index (κ1) is 24.6. The highest BCUT2D eigenvalue weighted by molar-refractivity contribution is 6.07. The summed E-state index contributed by atoms with van der Waals surface area (Å²) >= 11 is 0. The number of carbonyl (C=O) groups excluding carboxylic acids is 2. The molecule has 2 aromatic rings. The second-order valence-electron chi connectivity index (χ2n) is 9.47. The summed E-state index contributed by atoms with van der Waals surface area (Å²) in [7, 11) is 2.14. The van der Waals surface area contributed by atoms with Crippen molar-refractivity contribution in [2.45, 2.75) is 32.9 Å². The molecule has 0 atom stereocenters. The minimum Gasteiger partial charge on any atom is -0.457 e. The first-order valence-corrected chi connectivity index (χ1v) is 11.4. The molecule has 2 aromatic carbocycles. The number of benzene rings is 2. The van der Waals surface area contributed by atoms with Crippen molar-refractivity contribution >= 4 is 23.9 Å². The summed E-state index contributed by atoms with van der Waals surface area (Å²) < 4.78 is 5.30.